The first-order valence-corrected chi connectivity index (χ1v) is 16.8. The molecule has 6 rings (SSSR count). The summed E-state index contributed by atoms with van der Waals surface area (Å²) >= 11 is 0. The molecule has 3 aliphatic rings. The molecule has 8 nitrogen and oxygen atoms in total. The van der Waals surface area contributed by atoms with Crippen LogP contribution >= 0.6 is 0 Å². The topological polar surface area (TPSA) is 108 Å². The van der Waals surface area contributed by atoms with Gasteiger partial charge >= 0.3 is 5.97 Å². The van der Waals surface area contributed by atoms with Crippen molar-refractivity contribution in [2.45, 2.75) is 84.0 Å². The first kappa shape index (κ1) is 32.5. The molecule has 1 aliphatic heterocycles. The number of benzene rings is 3. The van der Waals surface area contributed by atoms with Crippen LogP contribution in [0.2, 0.25) is 0 Å². The normalized spacial score (nSPS) is 21.8. The Labute approximate surface area is 277 Å². The molecule has 3 aromatic rings. The predicted molar refractivity (Wildman–Crippen MR) is 181 cm³/mol. The Morgan fingerprint density at radius 3 is 2.21 bits per heavy atom. The van der Waals surface area contributed by atoms with Gasteiger partial charge in [0, 0.05) is 17.7 Å². The van der Waals surface area contributed by atoms with Crippen LogP contribution < -0.4 is 10.1 Å². The fourth-order valence-electron chi connectivity index (χ4n) is 7.20. The van der Waals surface area contributed by atoms with Gasteiger partial charge in [-0.3, -0.25) is 19.4 Å². The summed E-state index contributed by atoms with van der Waals surface area (Å²) in [5.41, 5.74) is 3.44. The summed E-state index contributed by atoms with van der Waals surface area (Å²) in [6, 6.07) is 25.1. The van der Waals surface area contributed by atoms with Gasteiger partial charge in [-0.1, -0.05) is 63.2 Å². The number of carboxylic acids is 1. The Kier molecular flexibility index (Phi) is 9.22. The fraction of sp³-hybridized carbons (Fsp3) is 0.436. The van der Waals surface area contributed by atoms with E-state index in [1.54, 1.807) is 12.1 Å². The van der Waals surface area contributed by atoms with Crippen molar-refractivity contribution < 1.29 is 24.2 Å². The van der Waals surface area contributed by atoms with E-state index < -0.39 is 11.6 Å². The number of carboxylic acid groups (broad SMARTS) is 1. The molecule has 2 amide bonds. The third-order valence-electron chi connectivity index (χ3n) is 10.1. The van der Waals surface area contributed by atoms with Crippen molar-refractivity contribution in [1.29, 1.82) is 0 Å². The zero-order valence-electron chi connectivity index (χ0n) is 27.6. The van der Waals surface area contributed by atoms with Crippen molar-refractivity contribution in [3.8, 4) is 5.75 Å². The fourth-order valence-corrected chi connectivity index (χ4v) is 7.20. The molecule has 246 valence electrons. The summed E-state index contributed by atoms with van der Waals surface area (Å²) in [6.07, 6.45) is 5.58. The highest BCUT2D eigenvalue weighted by atomic mass is 16.5. The average Bonchev–Trinajstić information content (AvgIpc) is 3.87. The molecule has 2 aliphatic carbocycles. The van der Waals surface area contributed by atoms with E-state index in [0.717, 1.165) is 61.0 Å². The van der Waals surface area contributed by atoms with Gasteiger partial charge in [0.15, 0.2) is 0 Å². The predicted octanol–water partition coefficient (Wildman–Crippen LogP) is 7.19. The number of amides is 2. The molecule has 1 atom stereocenters. The van der Waals surface area contributed by atoms with Crippen molar-refractivity contribution >= 4 is 23.5 Å². The molecule has 47 heavy (non-hydrogen) atoms. The summed E-state index contributed by atoms with van der Waals surface area (Å²) in [6.45, 7) is 7.44. The van der Waals surface area contributed by atoms with E-state index in [-0.39, 0.29) is 36.2 Å². The molecule has 0 saturated heterocycles. The van der Waals surface area contributed by atoms with E-state index in [1.165, 1.54) is 0 Å². The van der Waals surface area contributed by atoms with Crippen LogP contribution in [-0.2, 0) is 16.2 Å². The lowest BCUT2D eigenvalue weighted by Gasteiger charge is -2.47. The van der Waals surface area contributed by atoms with Crippen molar-refractivity contribution in [3.05, 3.63) is 101 Å². The monoisotopic (exact) mass is 635 g/mol. The smallest absolute Gasteiger partial charge is 0.305 e. The first-order chi connectivity index (χ1) is 22.5. The van der Waals surface area contributed by atoms with Gasteiger partial charge in [0.25, 0.3) is 11.8 Å². The van der Waals surface area contributed by atoms with Gasteiger partial charge in [0.2, 0.25) is 0 Å². The number of carbonyl (C=O) groups is 3. The first-order valence-electron chi connectivity index (χ1n) is 16.8. The van der Waals surface area contributed by atoms with Crippen molar-refractivity contribution in [1.82, 2.24) is 10.2 Å². The molecule has 1 spiro atoms. The molecule has 0 bridgehead atoms. The van der Waals surface area contributed by atoms with Crippen molar-refractivity contribution in [2.24, 2.45) is 22.2 Å². The molecule has 3 aromatic carbocycles. The Morgan fingerprint density at radius 1 is 0.957 bits per heavy atom. The number of aliphatic imine (C=N–C) groups is 1. The summed E-state index contributed by atoms with van der Waals surface area (Å²) in [5.74, 6) is 0.325. The van der Waals surface area contributed by atoms with Crippen LogP contribution in [0.4, 0.5) is 0 Å². The number of hydrogen-bond acceptors (Lipinski definition) is 5. The van der Waals surface area contributed by atoms with Crippen LogP contribution in [-0.4, -0.2) is 45.7 Å². The van der Waals surface area contributed by atoms with Gasteiger partial charge in [-0.15, -0.1) is 0 Å². The van der Waals surface area contributed by atoms with E-state index in [4.69, 9.17) is 14.8 Å². The Morgan fingerprint density at radius 2 is 1.62 bits per heavy atom. The number of aliphatic carboxylic acids is 1. The van der Waals surface area contributed by atoms with Gasteiger partial charge in [-0.05, 0) is 103 Å². The third kappa shape index (κ3) is 7.27. The minimum atomic E-state index is -0.956. The van der Waals surface area contributed by atoms with Gasteiger partial charge in [-0.2, -0.15) is 0 Å². The molecular weight excluding hydrogens is 590 g/mol. The SMILES string of the molecule is CC(C)(C)C1CCC2(CC1)N=C(c1ccc(OCc3ccccc3)cc1)C(=O)N2C(c1ccc(C(=O)NCCC(=O)O)cc1)C1CC1. The molecule has 0 aromatic heterocycles. The zero-order valence-corrected chi connectivity index (χ0v) is 27.6. The summed E-state index contributed by atoms with van der Waals surface area (Å²) < 4.78 is 6.02. The quantitative estimate of drug-likeness (QED) is 0.232. The van der Waals surface area contributed by atoms with Crippen molar-refractivity contribution in [3.63, 3.8) is 0 Å². The van der Waals surface area contributed by atoms with Crippen molar-refractivity contribution in [2.75, 3.05) is 6.54 Å². The average molecular weight is 636 g/mol. The maximum absolute atomic E-state index is 14.6. The lowest BCUT2D eigenvalue weighted by molar-refractivity contribution is -0.137. The number of nitrogens with zero attached hydrogens (tertiary/aromatic N) is 2. The van der Waals surface area contributed by atoms with Gasteiger partial charge in [-0.25, -0.2) is 0 Å². The maximum Gasteiger partial charge on any atom is 0.305 e. The molecule has 2 saturated carbocycles. The minimum absolute atomic E-state index is 0.0375. The molecule has 2 N–H and O–H groups in total. The van der Waals surface area contributed by atoms with Crippen LogP contribution in [0.25, 0.3) is 0 Å². The van der Waals surface area contributed by atoms with Gasteiger partial charge in [0.05, 0.1) is 12.5 Å². The number of nitrogens with one attached hydrogen (secondary N) is 1. The number of ether oxygens (including phenoxy) is 1. The highest BCUT2D eigenvalue weighted by molar-refractivity contribution is 6.46. The van der Waals surface area contributed by atoms with Crippen LogP contribution in [0.1, 0.15) is 98.8 Å². The molecular formula is C39H45N3O5. The molecule has 1 unspecified atom stereocenters. The lowest BCUT2D eigenvalue weighted by Crippen LogP contribution is -2.52. The highest BCUT2D eigenvalue weighted by Gasteiger charge is 2.55. The highest BCUT2D eigenvalue weighted by Crippen LogP contribution is 2.54. The summed E-state index contributed by atoms with van der Waals surface area (Å²) in [4.78, 5) is 45.6. The van der Waals surface area contributed by atoms with E-state index in [2.05, 4.69) is 31.0 Å². The largest absolute Gasteiger partial charge is 0.489 e. The van der Waals surface area contributed by atoms with Crippen LogP contribution in [0.15, 0.2) is 83.9 Å². The standard InChI is InChI=1S/C39H45N3O5/c1-38(2,3)31-19-22-39(23-20-31)41-34(27-15-17-32(18-16-27)47-25-26-7-5-4-6-8-26)37(46)42(39)35(28-9-10-28)29-11-13-30(14-12-29)36(45)40-24-21-33(43)44/h4-8,11-18,28,31,35H,9-10,19-25H2,1-3H3,(H,40,45)(H,43,44). The van der Waals surface area contributed by atoms with E-state index in [9.17, 15) is 14.4 Å². The maximum atomic E-state index is 14.6. The molecule has 0 radical (unpaired) electrons. The van der Waals surface area contributed by atoms with Gasteiger partial charge in [0.1, 0.15) is 23.7 Å². The van der Waals surface area contributed by atoms with Crippen LogP contribution in [0.3, 0.4) is 0 Å². The molecule has 2 fully saturated rings. The van der Waals surface area contributed by atoms with E-state index >= 15 is 0 Å². The Hall–Kier alpha value is -4.46. The zero-order chi connectivity index (χ0) is 33.2. The lowest BCUT2D eigenvalue weighted by atomic mass is 9.69. The van der Waals surface area contributed by atoms with E-state index in [0.29, 0.717) is 29.7 Å². The van der Waals surface area contributed by atoms with Crippen LogP contribution in [0, 0.1) is 17.3 Å². The minimum Gasteiger partial charge on any atom is -0.489 e. The summed E-state index contributed by atoms with van der Waals surface area (Å²) in [5, 5.41) is 11.6. The second-order valence-electron chi connectivity index (χ2n) is 14.4. The second-order valence-corrected chi connectivity index (χ2v) is 14.4. The number of rotatable bonds is 11. The third-order valence-corrected chi connectivity index (χ3v) is 10.1. The second kappa shape index (κ2) is 13.3. The number of hydrogen-bond donors (Lipinski definition) is 2. The van der Waals surface area contributed by atoms with E-state index in [1.807, 2.05) is 66.7 Å². The molecule has 1 heterocycles. The Bertz CT molecular complexity index is 1610. The van der Waals surface area contributed by atoms with Crippen LogP contribution in [0.5, 0.6) is 5.75 Å². The van der Waals surface area contributed by atoms with Gasteiger partial charge < -0.3 is 20.1 Å². The number of carbonyl (C=O) groups excluding carboxylic acids is 2. The molecule has 8 heteroatoms. The summed E-state index contributed by atoms with van der Waals surface area (Å²) in [7, 11) is 0. The Balaban J connectivity index is 1.27.